The number of hydrogen-bond acceptors (Lipinski definition) is 8. The zero-order valence-electron chi connectivity index (χ0n) is 32.1. The highest BCUT2D eigenvalue weighted by Gasteiger charge is 2.26. The lowest BCUT2D eigenvalue weighted by molar-refractivity contribution is -0.161. The maximum absolute atomic E-state index is 12.5. The lowest BCUT2D eigenvalue weighted by Crippen LogP contribution is -2.29. The third-order valence-corrected chi connectivity index (χ3v) is 9.60. The van der Waals surface area contributed by atoms with E-state index in [-0.39, 0.29) is 32.6 Å². The SMILES string of the molecule is CCCCCC/C=C/C=C/CCCCCCCC(=O)OC[C@H](COP(=O)(O)OCCN)OC(=O)CCCCCCCCCCCCCCCC. The van der Waals surface area contributed by atoms with Gasteiger partial charge in [0.2, 0.25) is 0 Å². The number of rotatable bonds is 38. The molecule has 0 heterocycles. The second-order valence-electron chi connectivity index (χ2n) is 13.5. The molecular formula is C40H76NO8P. The minimum Gasteiger partial charge on any atom is -0.462 e. The van der Waals surface area contributed by atoms with Crippen LogP contribution in [0.4, 0.5) is 0 Å². The first kappa shape index (κ1) is 48.5. The standard InChI is InChI=1S/C40H76NO8P/c1-3-5-7-9-11-13-15-17-19-21-22-24-26-28-30-32-39(42)46-36-38(37-48-50(44,45)47-35-34-41)49-40(43)33-31-29-27-25-23-20-18-16-14-12-10-8-6-4-2/h13,15,17,19,38H,3-12,14,16,18,20-37,41H2,1-2H3,(H,44,45)/b15-13+,19-17+/t38-/m1/s1. The Morgan fingerprint density at radius 2 is 1.02 bits per heavy atom. The molecule has 0 aromatic rings. The van der Waals surface area contributed by atoms with Gasteiger partial charge in [-0.15, -0.1) is 0 Å². The van der Waals surface area contributed by atoms with Crippen LogP contribution >= 0.6 is 7.82 Å². The largest absolute Gasteiger partial charge is 0.472 e. The van der Waals surface area contributed by atoms with E-state index in [1.165, 1.54) is 96.3 Å². The van der Waals surface area contributed by atoms with Crippen molar-refractivity contribution >= 4 is 19.8 Å². The first-order chi connectivity index (χ1) is 24.3. The van der Waals surface area contributed by atoms with Crippen molar-refractivity contribution in [1.82, 2.24) is 0 Å². The first-order valence-electron chi connectivity index (χ1n) is 20.3. The number of hydrogen-bond donors (Lipinski definition) is 2. The molecule has 0 saturated carbocycles. The highest BCUT2D eigenvalue weighted by molar-refractivity contribution is 7.47. The van der Waals surface area contributed by atoms with E-state index in [9.17, 15) is 19.0 Å². The lowest BCUT2D eigenvalue weighted by atomic mass is 10.0. The normalized spacial score (nSPS) is 13.6. The lowest BCUT2D eigenvalue weighted by Gasteiger charge is -2.19. The van der Waals surface area contributed by atoms with Crippen LogP contribution < -0.4 is 5.73 Å². The zero-order chi connectivity index (χ0) is 36.8. The molecule has 0 aliphatic rings. The van der Waals surface area contributed by atoms with Crippen LogP contribution in [0.25, 0.3) is 0 Å². The molecule has 10 heteroatoms. The number of phosphoric ester groups is 1. The van der Waals surface area contributed by atoms with Gasteiger partial charge >= 0.3 is 19.8 Å². The summed E-state index contributed by atoms with van der Waals surface area (Å²) >= 11 is 0. The fourth-order valence-corrected chi connectivity index (χ4v) is 6.33. The number of carbonyl (C=O) groups excluding carboxylic acids is 2. The van der Waals surface area contributed by atoms with Crippen LogP contribution in [0.1, 0.15) is 187 Å². The molecule has 3 N–H and O–H groups in total. The number of phosphoric acid groups is 1. The Hall–Kier alpha value is -1.51. The maximum atomic E-state index is 12.5. The van der Waals surface area contributed by atoms with Crippen molar-refractivity contribution in [2.24, 2.45) is 5.73 Å². The molecule has 294 valence electrons. The van der Waals surface area contributed by atoms with E-state index < -0.39 is 32.5 Å². The third-order valence-electron chi connectivity index (χ3n) is 8.62. The Kier molecular flexibility index (Phi) is 36.1. The predicted molar refractivity (Wildman–Crippen MR) is 206 cm³/mol. The number of carbonyl (C=O) groups is 2. The molecule has 0 saturated heterocycles. The molecule has 0 aliphatic heterocycles. The molecule has 0 fully saturated rings. The van der Waals surface area contributed by atoms with E-state index >= 15 is 0 Å². The Bertz CT molecular complexity index is 881. The van der Waals surface area contributed by atoms with Crippen molar-refractivity contribution < 1.29 is 37.6 Å². The number of ether oxygens (including phenoxy) is 2. The van der Waals surface area contributed by atoms with Crippen molar-refractivity contribution in [3.8, 4) is 0 Å². The Labute approximate surface area is 306 Å². The fourth-order valence-electron chi connectivity index (χ4n) is 5.57. The summed E-state index contributed by atoms with van der Waals surface area (Å²) in [5, 5.41) is 0. The molecule has 50 heavy (non-hydrogen) atoms. The molecule has 0 rings (SSSR count). The average Bonchev–Trinajstić information content (AvgIpc) is 3.10. The summed E-state index contributed by atoms with van der Waals surface area (Å²) in [5.41, 5.74) is 5.34. The topological polar surface area (TPSA) is 134 Å². The summed E-state index contributed by atoms with van der Waals surface area (Å²) in [6, 6.07) is 0. The van der Waals surface area contributed by atoms with Gasteiger partial charge in [-0.2, -0.15) is 0 Å². The van der Waals surface area contributed by atoms with Crippen molar-refractivity contribution in [2.75, 3.05) is 26.4 Å². The monoisotopic (exact) mass is 730 g/mol. The third kappa shape index (κ3) is 36.3. The molecule has 0 radical (unpaired) electrons. The Balaban J connectivity index is 4.20. The molecule has 0 aliphatic carbocycles. The average molecular weight is 730 g/mol. The van der Waals surface area contributed by atoms with E-state index in [0.717, 1.165) is 51.4 Å². The van der Waals surface area contributed by atoms with Gasteiger partial charge in [0.1, 0.15) is 6.61 Å². The van der Waals surface area contributed by atoms with E-state index in [0.29, 0.717) is 12.8 Å². The molecule has 0 spiro atoms. The van der Waals surface area contributed by atoms with Crippen molar-refractivity contribution in [1.29, 1.82) is 0 Å². The fraction of sp³-hybridized carbons (Fsp3) is 0.850. The van der Waals surface area contributed by atoms with Crippen LogP contribution in [-0.2, 0) is 32.7 Å². The van der Waals surface area contributed by atoms with Crippen LogP contribution in [0.2, 0.25) is 0 Å². The summed E-state index contributed by atoms with van der Waals surface area (Å²) in [6.07, 6.45) is 37.7. The zero-order valence-corrected chi connectivity index (χ0v) is 33.0. The summed E-state index contributed by atoms with van der Waals surface area (Å²) in [4.78, 5) is 34.8. The van der Waals surface area contributed by atoms with E-state index in [4.69, 9.17) is 24.3 Å². The molecule has 2 atom stereocenters. The van der Waals surface area contributed by atoms with Gasteiger partial charge in [-0.3, -0.25) is 18.6 Å². The van der Waals surface area contributed by atoms with Gasteiger partial charge in [0.15, 0.2) is 6.10 Å². The summed E-state index contributed by atoms with van der Waals surface area (Å²) in [7, 11) is -4.37. The molecule has 0 amide bonds. The van der Waals surface area contributed by atoms with Gasteiger partial charge in [-0.1, -0.05) is 160 Å². The second-order valence-corrected chi connectivity index (χ2v) is 15.0. The molecule has 1 unspecified atom stereocenters. The molecular weight excluding hydrogens is 653 g/mol. The second kappa shape index (κ2) is 37.3. The summed E-state index contributed by atoms with van der Waals surface area (Å²) < 4.78 is 32.7. The number of allylic oxidation sites excluding steroid dienone is 4. The molecule has 0 aromatic carbocycles. The van der Waals surface area contributed by atoms with Crippen molar-refractivity contribution in [2.45, 2.75) is 193 Å². The van der Waals surface area contributed by atoms with Crippen LogP contribution in [0.15, 0.2) is 24.3 Å². The van der Waals surface area contributed by atoms with Gasteiger partial charge in [-0.05, 0) is 38.5 Å². The Morgan fingerprint density at radius 3 is 1.50 bits per heavy atom. The van der Waals surface area contributed by atoms with Crippen molar-refractivity contribution in [3.05, 3.63) is 24.3 Å². The van der Waals surface area contributed by atoms with E-state index in [2.05, 4.69) is 38.2 Å². The minimum atomic E-state index is -4.37. The smallest absolute Gasteiger partial charge is 0.462 e. The Morgan fingerprint density at radius 1 is 0.600 bits per heavy atom. The molecule has 0 bridgehead atoms. The van der Waals surface area contributed by atoms with Gasteiger partial charge in [0, 0.05) is 19.4 Å². The maximum Gasteiger partial charge on any atom is 0.472 e. The van der Waals surface area contributed by atoms with Crippen molar-refractivity contribution in [3.63, 3.8) is 0 Å². The summed E-state index contributed by atoms with van der Waals surface area (Å²) in [5.74, 6) is -0.841. The highest BCUT2D eigenvalue weighted by atomic mass is 31.2. The van der Waals surface area contributed by atoms with Gasteiger partial charge in [0.25, 0.3) is 0 Å². The van der Waals surface area contributed by atoms with Crippen LogP contribution in [0, 0.1) is 0 Å². The predicted octanol–water partition coefficient (Wildman–Crippen LogP) is 11.2. The van der Waals surface area contributed by atoms with Gasteiger partial charge in [-0.25, -0.2) is 4.57 Å². The number of unbranched alkanes of at least 4 members (excludes halogenated alkanes) is 22. The molecule has 9 nitrogen and oxygen atoms in total. The van der Waals surface area contributed by atoms with E-state index in [1.54, 1.807) is 0 Å². The van der Waals surface area contributed by atoms with Gasteiger partial charge < -0.3 is 20.1 Å². The van der Waals surface area contributed by atoms with Crippen LogP contribution in [-0.4, -0.2) is 49.3 Å². The quantitative estimate of drug-likeness (QED) is 0.0275. The number of esters is 2. The minimum absolute atomic E-state index is 0.0527. The van der Waals surface area contributed by atoms with Gasteiger partial charge in [0.05, 0.1) is 13.2 Å². The van der Waals surface area contributed by atoms with Crippen LogP contribution in [0.5, 0.6) is 0 Å². The first-order valence-corrected chi connectivity index (χ1v) is 21.8. The number of nitrogens with two attached hydrogens (primary N) is 1. The highest BCUT2D eigenvalue weighted by Crippen LogP contribution is 2.43. The van der Waals surface area contributed by atoms with E-state index in [1.807, 2.05) is 0 Å². The molecule has 0 aromatic heterocycles. The summed E-state index contributed by atoms with van der Waals surface area (Å²) in [6.45, 7) is 3.70. The van der Waals surface area contributed by atoms with Crippen LogP contribution in [0.3, 0.4) is 0 Å².